The Hall–Kier alpha value is -1.71. The van der Waals surface area contributed by atoms with Gasteiger partial charge in [-0.1, -0.05) is 0 Å². The molecule has 3 rings (SSSR count). The van der Waals surface area contributed by atoms with E-state index in [9.17, 15) is 0 Å². The molecule has 16 heavy (non-hydrogen) atoms. The van der Waals surface area contributed by atoms with E-state index in [1.54, 1.807) is 12.4 Å². The van der Waals surface area contributed by atoms with Crippen LogP contribution >= 0.6 is 0 Å². The molecule has 0 saturated carbocycles. The quantitative estimate of drug-likeness (QED) is 0.656. The summed E-state index contributed by atoms with van der Waals surface area (Å²) in [6, 6.07) is 0. The Morgan fingerprint density at radius 1 is 1.25 bits per heavy atom. The highest BCUT2D eigenvalue weighted by molar-refractivity contribution is 5.83. The molecule has 4 nitrogen and oxygen atoms in total. The number of fused-ring (bicyclic) bond motifs is 2. The highest BCUT2D eigenvalue weighted by atomic mass is 15.2. The summed E-state index contributed by atoms with van der Waals surface area (Å²) in [5, 5.41) is 0. The molecule has 0 unspecified atom stereocenters. The van der Waals surface area contributed by atoms with E-state index in [4.69, 9.17) is 0 Å². The Morgan fingerprint density at radius 3 is 2.81 bits per heavy atom. The van der Waals surface area contributed by atoms with Crippen LogP contribution in [0.5, 0.6) is 0 Å². The SMILES string of the molecule is CN1CC=NC2=C1C(C)(C)c1nccnc12. The van der Waals surface area contributed by atoms with Crippen LogP contribution in [0, 0.1) is 0 Å². The third-order valence-corrected chi connectivity index (χ3v) is 3.29. The minimum absolute atomic E-state index is 0.0918. The zero-order chi connectivity index (χ0) is 11.3. The predicted molar refractivity (Wildman–Crippen MR) is 63.1 cm³/mol. The first kappa shape index (κ1) is 9.51. The maximum Gasteiger partial charge on any atom is 0.113 e. The van der Waals surface area contributed by atoms with Gasteiger partial charge in [0.2, 0.25) is 0 Å². The largest absolute Gasteiger partial charge is 0.370 e. The summed E-state index contributed by atoms with van der Waals surface area (Å²) in [6.07, 6.45) is 5.41. The van der Waals surface area contributed by atoms with E-state index in [0.717, 1.165) is 23.6 Å². The fourth-order valence-corrected chi connectivity index (χ4v) is 2.62. The second-order valence-electron chi connectivity index (χ2n) is 4.77. The van der Waals surface area contributed by atoms with Crippen molar-refractivity contribution in [3.8, 4) is 0 Å². The molecular formula is C12H14N4. The standard InChI is InChI=1S/C12H14N4/c1-12(2)10-8(13-4-5-15-10)9-11(12)16(3)7-6-14-9/h4-6H,7H2,1-3H3. The second kappa shape index (κ2) is 2.90. The van der Waals surface area contributed by atoms with Gasteiger partial charge < -0.3 is 4.90 Å². The molecule has 0 radical (unpaired) electrons. The summed E-state index contributed by atoms with van der Waals surface area (Å²) in [6.45, 7) is 5.22. The number of hydrogen-bond acceptors (Lipinski definition) is 4. The zero-order valence-electron chi connectivity index (χ0n) is 9.73. The second-order valence-corrected chi connectivity index (χ2v) is 4.77. The number of allylic oxidation sites excluding steroid dienone is 1. The van der Waals surface area contributed by atoms with Gasteiger partial charge in [-0.2, -0.15) is 0 Å². The summed E-state index contributed by atoms with van der Waals surface area (Å²) in [5.74, 6) is 0. The Kier molecular flexibility index (Phi) is 1.73. The van der Waals surface area contributed by atoms with Gasteiger partial charge in [-0.15, -0.1) is 0 Å². The minimum Gasteiger partial charge on any atom is -0.370 e. The van der Waals surface area contributed by atoms with Crippen molar-refractivity contribution in [2.75, 3.05) is 13.6 Å². The van der Waals surface area contributed by atoms with Crippen LogP contribution in [0.3, 0.4) is 0 Å². The van der Waals surface area contributed by atoms with Crippen molar-refractivity contribution in [2.24, 2.45) is 4.99 Å². The van der Waals surface area contributed by atoms with Crippen molar-refractivity contribution < 1.29 is 0 Å². The number of hydrogen-bond donors (Lipinski definition) is 0. The Bertz CT molecular complexity index is 514. The average Bonchev–Trinajstić information content (AvgIpc) is 2.50. The molecule has 0 fully saturated rings. The Balaban J connectivity index is 2.30. The van der Waals surface area contributed by atoms with E-state index >= 15 is 0 Å². The van der Waals surface area contributed by atoms with Gasteiger partial charge in [0.15, 0.2) is 0 Å². The third kappa shape index (κ3) is 1.01. The van der Waals surface area contributed by atoms with Gasteiger partial charge in [0.05, 0.1) is 23.4 Å². The molecule has 1 aliphatic carbocycles. The minimum atomic E-state index is -0.0918. The number of likely N-dealkylation sites (N-methyl/N-ethyl adjacent to an activating group) is 1. The number of rotatable bonds is 0. The van der Waals surface area contributed by atoms with E-state index in [2.05, 4.69) is 40.8 Å². The van der Waals surface area contributed by atoms with Crippen LogP contribution in [0.1, 0.15) is 25.2 Å². The molecule has 2 aliphatic rings. The molecule has 0 spiro atoms. The van der Waals surface area contributed by atoms with E-state index < -0.39 is 0 Å². The van der Waals surface area contributed by atoms with Gasteiger partial charge in [-0.3, -0.25) is 15.0 Å². The van der Waals surface area contributed by atoms with Gasteiger partial charge in [-0.25, -0.2) is 0 Å². The van der Waals surface area contributed by atoms with Crippen LogP contribution in [0.25, 0.3) is 5.70 Å². The molecule has 1 aromatic heterocycles. The summed E-state index contributed by atoms with van der Waals surface area (Å²) < 4.78 is 0. The van der Waals surface area contributed by atoms with Crippen LogP contribution in [-0.2, 0) is 5.41 Å². The first-order chi connectivity index (χ1) is 7.62. The Morgan fingerprint density at radius 2 is 2.00 bits per heavy atom. The third-order valence-electron chi connectivity index (χ3n) is 3.29. The van der Waals surface area contributed by atoms with Crippen LogP contribution in [0.4, 0.5) is 0 Å². The molecule has 0 amide bonds. The molecule has 0 aromatic carbocycles. The fraction of sp³-hybridized carbons (Fsp3) is 0.417. The summed E-state index contributed by atoms with van der Waals surface area (Å²) in [7, 11) is 2.09. The van der Waals surface area contributed by atoms with Crippen LogP contribution in [-0.4, -0.2) is 34.7 Å². The average molecular weight is 214 g/mol. The van der Waals surface area contributed by atoms with Crippen LogP contribution < -0.4 is 0 Å². The van der Waals surface area contributed by atoms with Crippen molar-refractivity contribution in [3.63, 3.8) is 0 Å². The molecule has 0 saturated heterocycles. The molecular weight excluding hydrogens is 200 g/mol. The summed E-state index contributed by atoms with van der Waals surface area (Å²) >= 11 is 0. The summed E-state index contributed by atoms with van der Waals surface area (Å²) in [5.41, 5.74) is 4.10. The normalized spacial score (nSPS) is 21.1. The van der Waals surface area contributed by atoms with Crippen molar-refractivity contribution in [1.82, 2.24) is 14.9 Å². The van der Waals surface area contributed by atoms with E-state index in [1.165, 1.54) is 5.70 Å². The highest BCUT2D eigenvalue weighted by Crippen LogP contribution is 2.46. The number of nitrogens with zero attached hydrogens (tertiary/aromatic N) is 4. The number of aromatic nitrogens is 2. The number of aliphatic imine (C=N–C) groups is 1. The van der Waals surface area contributed by atoms with Gasteiger partial charge in [0.1, 0.15) is 11.4 Å². The lowest BCUT2D eigenvalue weighted by Crippen LogP contribution is -2.33. The monoisotopic (exact) mass is 214 g/mol. The molecule has 2 heterocycles. The first-order valence-corrected chi connectivity index (χ1v) is 5.42. The van der Waals surface area contributed by atoms with Gasteiger partial charge in [-0.05, 0) is 13.8 Å². The van der Waals surface area contributed by atoms with Crippen molar-refractivity contribution >= 4 is 11.9 Å². The molecule has 1 aromatic rings. The van der Waals surface area contributed by atoms with Crippen LogP contribution in [0.2, 0.25) is 0 Å². The lowest BCUT2D eigenvalue weighted by Gasteiger charge is -2.31. The van der Waals surface area contributed by atoms with Gasteiger partial charge in [0, 0.05) is 25.7 Å². The maximum atomic E-state index is 4.49. The van der Waals surface area contributed by atoms with Crippen molar-refractivity contribution in [1.29, 1.82) is 0 Å². The first-order valence-electron chi connectivity index (χ1n) is 5.42. The van der Waals surface area contributed by atoms with E-state index in [1.807, 2.05) is 6.21 Å². The smallest absolute Gasteiger partial charge is 0.113 e. The summed E-state index contributed by atoms with van der Waals surface area (Å²) in [4.78, 5) is 15.6. The Labute approximate surface area is 94.7 Å². The lowest BCUT2D eigenvalue weighted by molar-refractivity contribution is 0.390. The van der Waals surface area contributed by atoms with Crippen LogP contribution in [0.15, 0.2) is 23.1 Å². The van der Waals surface area contributed by atoms with Crippen molar-refractivity contribution in [3.05, 3.63) is 29.5 Å². The van der Waals surface area contributed by atoms with E-state index in [0.29, 0.717) is 0 Å². The van der Waals surface area contributed by atoms with Crippen molar-refractivity contribution in [2.45, 2.75) is 19.3 Å². The molecule has 4 heteroatoms. The van der Waals surface area contributed by atoms with Gasteiger partial charge in [0.25, 0.3) is 0 Å². The molecule has 0 N–H and O–H groups in total. The highest BCUT2D eigenvalue weighted by Gasteiger charge is 2.42. The lowest BCUT2D eigenvalue weighted by atomic mass is 9.88. The molecule has 0 bridgehead atoms. The zero-order valence-corrected chi connectivity index (χ0v) is 9.73. The maximum absolute atomic E-state index is 4.49. The topological polar surface area (TPSA) is 41.4 Å². The molecule has 0 atom stereocenters. The fourth-order valence-electron chi connectivity index (χ4n) is 2.62. The van der Waals surface area contributed by atoms with Gasteiger partial charge >= 0.3 is 0 Å². The predicted octanol–water partition coefficient (Wildman–Crippen LogP) is 1.45. The molecule has 82 valence electrons. The van der Waals surface area contributed by atoms with E-state index in [-0.39, 0.29) is 5.41 Å². The molecule has 1 aliphatic heterocycles.